The molecular weight excluding hydrogens is 249 g/mol. The second-order valence-electron chi connectivity index (χ2n) is 2.58. The minimum Gasteiger partial charge on any atom is -0.507 e. The summed E-state index contributed by atoms with van der Waals surface area (Å²) < 4.78 is 36.0. The molecule has 1 N–H and O–H groups in total. The fraction of sp³-hybridized carbons (Fsp3) is 0.250. The largest absolute Gasteiger partial charge is 0.507 e. The molecule has 0 aliphatic heterocycles. The molecule has 1 aromatic carbocycles. The molecule has 1 rings (SSSR count). The Bertz CT molecular complexity index is 309. The minimum atomic E-state index is -4.21. The van der Waals surface area contributed by atoms with Gasteiger partial charge >= 0.3 is 6.18 Å². The average molecular weight is 255 g/mol. The third-order valence-corrected chi connectivity index (χ3v) is 2.05. The fourth-order valence-corrected chi connectivity index (χ4v) is 1.32. The van der Waals surface area contributed by atoms with E-state index in [1.54, 1.807) is 0 Å². The molecule has 72 valence electrons. The monoisotopic (exact) mass is 254 g/mol. The molecule has 13 heavy (non-hydrogen) atoms. The van der Waals surface area contributed by atoms with Crippen LogP contribution in [0.3, 0.4) is 0 Å². The van der Waals surface area contributed by atoms with Crippen LogP contribution >= 0.6 is 15.9 Å². The van der Waals surface area contributed by atoms with Crippen molar-refractivity contribution < 1.29 is 18.3 Å². The van der Waals surface area contributed by atoms with Crippen molar-refractivity contribution in [3.63, 3.8) is 0 Å². The van der Waals surface area contributed by atoms with Gasteiger partial charge in [-0.15, -0.1) is 0 Å². The standard InChI is InChI=1S/C8H6BrF3O/c9-6-3-5(1-2-7(6)13)4-8(10,11)12/h1-3,13H,4H2. The Kier molecular flexibility index (Phi) is 2.85. The van der Waals surface area contributed by atoms with Gasteiger partial charge in [-0.3, -0.25) is 0 Å². The molecule has 0 unspecified atom stereocenters. The number of halogens is 4. The Hall–Kier alpha value is -0.710. The lowest BCUT2D eigenvalue weighted by molar-refractivity contribution is -0.127. The van der Waals surface area contributed by atoms with Gasteiger partial charge < -0.3 is 5.11 Å². The Morgan fingerprint density at radius 1 is 1.31 bits per heavy atom. The van der Waals surface area contributed by atoms with Crippen LogP contribution < -0.4 is 0 Å². The second-order valence-corrected chi connectivity index (χ2v) is 3.43. The van der Waals surface area contributed by atoms with Crippen LogP contribution in [0, 0.1) is 0 Å². The minimum absolute atomic E-state index is 0.0640. The molecule has 0 aliphatic rings. The zero-order valence-electron chi connectivity index (χ0n) is 6.40. The van der Waals surface area contributed by atoms with Gasteiger partial charge in [0.2, 0.25) is 0 Å². The first-order chi connectivity index (χ1) is 5.88. The van der Waals surface area contributed by atoms with E-state index in [0.717, 1.165) is 0 Å². The van der Waals surface area contributed by atoms with Crippen molar-refractivity contribution in [3.05, 3.63) is 28.2 Å². The second kappa shape index (κ2) is 3.57. The fourth-order valence-electron chi connectivity index (χ4n) is 0.892. The van der Waals surface area contributed by atoms with Crippen molar-refractivity contribution in [2.75, 3.05) is 0 Å². The molecular formula is C8H6BrF3O. The maximum atomic E-state index is 11.9. The van der Waals surface area contributed by atoms with E-state index in [0.29, 0.717) is 0 Å². The van der Waals surface area contributed by atoms with Gasteiger partial charge in [-0.25, -0.2) is 0 Å². The van der Waals surface area contributed by atoms with Crippen LogP contribution in [0.2, 0.25) is 0 Å². The van der Waals surface area contributed by atoms with E-state index in [1.165, 1.54) is 18.2 Å². The van der Waals surface area contributed by atoms with Gasteiger partial charge in [-0.1, -0.05) is 6.07 Å². The topological polar surface area (TPSA) is 20.2 Å². The van der Waals surface area contributed by atoms with Gasteiger partial charge in [0.15, 0.2) is 0 Å². The summed E-state index contributed by atoms with van der Waals surface area (Å²) >= 11 is 2.94. The Morgan fingerprint density at radius 2 is 1.92 bits per heavy atom. The van der Waals surface area contributed by atoms with E-state index in [9.17, 15) is 13.2 Å². The number of phenolic OH excluding ortho intramolecular Hbond substituents is 1. The highest BCUT2D eigenvalue weighted by Gasteiger charge is 2.27. The van der Waals surface area contributed by atoms with E-state index >= 15 is 0 Å². The van der Waals surface area contributed by atoms with E-state index in [1.807, 2.05) is 0 Å². The number of rotatable bonds is 1. The Balaban J connectivity index is 2.86. The predicted molar refractivity (Wildman–Crippen MR) is 45.6 cm³/mol. The summed E-state index contributed by atoms with van der Waals surface area (Å²) in [5.41, 5.74) is 0.122. The summed E-state index contributed by atoms with van der Waals surface area (Å²) in [6.07, 6.45) is -5.19. The van der Waals surface area contributed by atoms with Gasteiger partial charge in [-0.05, 0) is 33.6 Å². The van der Waals surface area contributed by atoms with E-state index in [2.05, 4.69) is 15.9 Å². The summed E-state index contributed by atoms with van der Waals surface area (Å²) in [5, 5.41) is 9.01. The highest BCUT2D eigenvalue weighted by molar-refractivity contribution is 9.10. The summed E-state index contributed by atoms with van der Waals surface area (Å²) in [7, 11) is 0. The number of alkyl halides is 3. The van der Waals surface area contributed by atoms with Crippen LogP contribution in [0.1, 0.15) is 5.56 Å². The van der Waals surface area contributed by atoms with Gasteiger partial charge in [0.1, 0.15) is 5.75 Å². The van der Waals surface area contributed by atoms with Crippen LogP contribution in [-0.4, -0.2) is 11.3 Å². The molecule has 0 aliphatic carbocycles. The molecule has 0 saturated heterocycles. The lowest BCUT2D eigenvalue weighted by Gasteiger charge is -2.06. The molecule has 5 heteroatoms. The maximum Gasteiger partial charge on any atom is 0.393 e. The van der Waals surface area contributed by atoms with Crippen LogP contribution in [0.25, 0.3) is 0 Å². The number of phenols is 1. The third-order valence-electron chi connectivity index (χ3n) is 1.42. The third kappa shape index (κ3) is 3.26. The van der Waals surface area contributed by atoms with Crippen molar-refractivity contribution >= 4 is 15.9 Å². The first-order valence-corrected chi connectivity index (χ1v) is 4.22. The maximum absolute atomic E-state index is 11.9. The molecule has 0 aromatic heterocycles. The summed E-state index contributed by atoms with van der Waals surface area (Å²) in [5.74, 6) is -0.0640. The molecule has 1 nitrogen and oxygen atoms in total. The van der Waals surface area contributed by atoms with Crippen LogP contribution in [0.4, 0.5) is 13.2 Å². The average Bonchev–Trinajstić information content (AvgIpc) is 1.94. The number of benzene rings is 1. The Labute approximate surface area is 81.3 Å². The molecule has 1 aromatic rings. The quantitative estimate of drug-likeness (QED) is 0.816. The highest BCUT2D eigenvalue weighted by Crippen LogP contribution is 2.28. The summed E-state index contributed by atoms with van der Waals surface area (Å²) in [6, 6.07) is 3.72. The molecule has 0 saturated carbocycles. The summed E-state index contributed by atoms with van der Waals surface area (Å²) in [4.78, 5) is 0. The van der Waals surface area contributed by atoms with E-state index < -0.39 is 12.6 Å². The molecule has 0 bridgehead atoms. The van der Waals surface area contributed by atoms with Gasteiger partial charge in [0.25, 0.3) is 0 Å². The highest BCUT2D eigenvalue weighted by atomic mass is 79.9. The van der Waals surface area contributed by atoms with Crippen molar-refractivity contribution in [2.24, 2.45) is 0 Å². The molecule has 0 spiro atoms. The number of aromatic hydroxyl groups is 1. The number of hydrogen-bond acceptors (Lipinski definition) is 1. The van der Waals surface area contributed by atoms with Gasteiger partial charge in [-0.2, -0.15) is 13.2 Å². The van der Waals surface area contributed by atoms with Crippen LogP contribution in [0.15, 0.2) is 22.7 Å². The van der Waals surface area contributed by atoms with Crippen LogP contribution in [-0.2, 0) is 6.42 Å². The van der Waals surface area contributed by atoms with Crippen LogP contribution in [0.5, 0.6) is 5.75 Å². The first kappa shape index (κ1) is 10.4. The van der Waals surface area contributed by atoms with Crippen molar-refractivity contribution in [1.29, 1.82) is 0 Å². The van der Waals surface area contributed by atoms with Crippen molar-refractivity contribution in [3.8, 4) is 5.75 Å². The molecule has 0 fully saturated rings. The predicted octanol–water partition coefficient (Wildman–Crippen LogP) is 3.26. The molecule has 0 radical (unpaired) electrons. The summed E-state index contributed by atoms with van der Waals surface area (Å²) in [6.45, 7) is 0. The molecule has 0 atom stereocenters. The van der Waals surface area contributed by atoms with Gasteiger partial charge in [0.05, 0.1) is 10.9 Å². The number of hydrogen-bond donors (Lipinski definition) is 1. The Morgan fingerprint density at radius 3 is 2.38 bits per heavy atom. The first-order valence-electron chi connectivity index (χ1n) is 3.42. The molecule has 0 amide bonds. The van der Waals surface area contributed by atoms with Crippen molar-refractivity contribution in [1.82, 2.24) is 0 Å². The van der Waals surface area contributed by atoms with Crippen molar-refractivity contribution in [2.45, 2.75) is 12.6 Å². The lowest BCUT2D eigenvalue weighted by Crippen LogP contribution is -2.11. The smallest absolute Gasteiger partial charge is 0.393 e. The zero-order chi connectivity index (χ0) is 10.1. The van der Waals surface area contributed by atoms with Gasteiger partial charge in [0, 0.05) is 0 Å². The molecule has 0 heterocycles. The lowest BCUT2D eigenvalue weighted by atomic mass is 10.1. The normalized spacial score (nSPS) is 11.7. The zero-order valence-corrected chi connectivity index (χ0v) is 7.98. The SMILES string of the molecule is Oc1ccc(CC(F)(F)F)cc1Br. The van der Waals surface area contributed by atoms with E-state index in [4.69, 9.17) is 5.11 Å². The van der Waals surface area contributed by atoms with E-state index in [-0.39, 0.29) is 15.8 Å².